The second-order valence-electron chi connectivity index (χ2n) is 3.85. The Morgan fingerprint density at radius 3 is 2.62 bits per heavy atom. The number of rotatable bonds is 2. The Hall–Kier alpha value is -2.03. The lowest BCUT2D eigenvalue weighted by molar-refractivity contribution is 0.110. The lowest BCUT2D eigenvalue weighted by Crippen LogP contribution is -1.93. The summed E-state index contributed by atoms with van der Waals surface area (Å²) in [5.41, 5.74) is 9.60. The molecule has 2 rings (SSSR count). The molecule has 2 aromatic rings. The molecule has 1 aromatic heterocycles. The Balaban J connectivity index is 2.58. The molecule has 0 aliphatic carbocycles. The van der Waals surface area contributed by atoms with E-state index in [0.29, 0.717) is 17.8 Å². The van der Waals surface area contributed by atoms with Gasteiger partial charge in [0.15, 0.2) is 12.0 Å². The van der Waals surface area contributed by atoms with Gasteiger partial charge in [0, 0.05) is 11.3 Å². The van der Waals surface area contributed by atoms with Gasteiger partial charge in [-0.1, -0.05) is 0 Å². The molecule has 0 saturated heterocycles. The van der Waals surface area contributed by atoms with Gasteiger partial charge in [0.2, 0.25) is 0 Å². The number of hydrogen-bond donors (Lipinski definition) is 1. The van der Waals surface area contributed by atoms with Gasteiger partial charge in [-0.25, -0.2) is 0 Å². The zero-order valence-electron chi connectivity index (χ0n) is 9.28. The maximum Gasteiger partial charge on any atom is 0.185 e. The minimum Gasteiger partial charge on any atom is -0.453 e. The van der Waals surface area contributed by atoms with Crippen LogP contribution in [0.1, 0.15) is 21.7 Å². The maximum atomic E-state index is 10.6. The molecule has 0 fully saturated rings. The molecule has 1 heterocycles. The number of hydrogen-bond acceptors (Lipinski definition) is 3. The van der Waals surface area contributed by atoms with Crippen molar-refractivity contribution >= 4 is 12.0 Å². The second-order valence-corrected chi connectivity index (χ2v) is 3.85. The van der Waals surface area contributed by atoms with E-state index in [9.17, 15) is 4.79 Å². The Bertz CT molecular complexity index is 541. The van der Waals surface area contributed by atoms with Crippen LogP contribution < -0.4 is 5.73 Å². The van der Waals surface area contributed by atoms with Crippen LogP contribution in [0.3, 0.4) is 0 Å². The van der Waals surface area contributed by atoms with Crippen molar-refractivity contribution in [1.29, 1.82) is 0 Å². The van der Waals surface area contributed by atoms with Crippen LogP contribution in [0.15, 0.2) is 28.7 Å². The van der Waals surface area contributed by atoms with Crippen molar-refractivity contribution < 1.29 is 9.21 Å². The summed E-state index contributed by atoms with van der Waals surface area (Å²) in [5, 5.41) is 0. The highest BCUT2D eigenvalue weighted by Crippen LogP contribution is 2.29. The standard InChI is InChI=1S/C13H13NO2/c1-8-5-11(9(2)12(14)6-8)13-4-3-10(7-15)16-13/h3-7H,14H2,1-2H3. The summed E-state index contributed by atoms with van der Waals surface area (Å²) < 4.78 is 5.39. The van der Waals surface area contributed by atoms with Gasteiger partial charge < -0.3 is 10.2 Å². The average Bonchev–Trinajstić information content (AvgIpc) is 2.71. The lowest BCUT2D eigenvalue weighted by Gasteiger charge is -2.07. The fourth-order valence-electron chi connectivity index (χ4n) is 1.70. The zero-order chi connectivity index (χ0) is 11.7. The van der Waals surface area contributed by atoms with Crippen LogP contribution in [0.25, 0.3) is 11.3 Å². The normalized spacial score (nSPS) is 10.4. The van der Waals surface area contributed by atoms with Gasteiger partial charge in [0.05, 0.1) is 0 Å². The van der Waals surface area contributed by atoms with E-state index in [1.165, 1.54) is 0 Å². The van der Waals surface area contributed by atoms with Gasteiger partial charge in [-0.3, -0.25) is 4.79 Å². The first-order chi connectivity index (χ1) is 7.61. The number of aryl methyl sites for hydroxylation is 1. The van der Waals surface area contributed by atoms with E-state index in [4.69, 9.17) is 10.2 Å². The molecule has 0 radical (unpaired) electrons. The fourth-order valence-corrected chi connectivity index (χ4v) is 1.70. The Morgan fingerprint density at radius 1 is 1.25 bits per heavy atom. The maximum absolute atomic E-state index is 10.6. The Labute approximate surface area is 93.9 Å². The highest BCUT2D eigenvalue weighted by Gasteiger charge is 2.09. The van der Waals surface area contributed by atoms with E-state index < -0.39 is 0 Å². The monoisotopic (exact) mass is 215 g/mol. The minimum absolute atomic E-state index is 0.328. The van der Waals surface area contributed by atoms with Crippen molar-refractivity contribution in [2.24, 2.45) is 0 Å². The third-order valence-corrected chi connectivity index (χ3v) is 2.60. The number of benzene rings is 1. The highest BCUT2D eigenvalue weighted by molar-refractivity contribution is 5.75. The van der Waals surface area contributed by atoms with Crippen LogP contribution >= 0.6 is 0 Å². The molecule has 0 aliphatic heterocycles. The zero-order valence-corrected chi connectivity index (χ0v) is 9.28. The molecular formula is C13H13NO2. The van der Waals surface area contributed by atoms with Crippen LogP contribution in [0.2, 0.25) is 0 Å². The second kappa shape index (κ2) is 3.85. The fraction of sp³-hybridized carbons (Fsp3) is 0.154. The molecular weight excluding hydrogens is 202 g/mol. The summed E-state index contributed by atoms with van der Waals surface area (Å²) in [7, 11) is 0. The van der Waals surface area contributed by atoms with Crippen LogP contribution in [-0.4, -0.2) is 6.29 Å². The van der Waals surface area contributed by atoms with Crippen LogP contribution in [-0.2, 0) is 0 Å². The number of nitrogens with two attached hydrogens (primary N) is 1. The van der Waals surface area contributed by atoms with Crippen molar-refractivity contribution in [3.8, 4) is 11.3 Å². The van der Waals surface area contributed by atoms with Gasteiger partial charge in [0.25, 0.3) is 0 Å². The molecule has 16 heavy (non-hydrogen) atoms. The first-order valence-corrected chi connectivity index (χ1v) is 5.04. The van der Waals surface area contributed by atoms with Gasteiger partial charge in [-0.15, -0.1) is 0 Å². The van der Waals surface area contributed by atoms with Crippen LogP contribution in [0, 0.1) is 13.8 Å². The Morgan fingerprint density at radius 2 is 2.00 bits per heavy atom. The van der Waals surface area contributed by atoms with Crippen molar-refractivity contribution in [3.63, 3.8) is 0 Å². The number of anilines is 1. The Kier molecular flexibility index (Phi) is 2.52. The number of carbonyl (C=O) groups is 1. The third kappa shape index (κ3) is 1.72. The predicted molar refractivity (Wildman–Crippen MR) is 63.4 cm³/mol. The summed E-state index contributed by atoms with van der Waals surface area (Å²) >= 11 is 0. The molecule has 0 atom stereocenters. The molecule has 0 saturated carbocycles. The lowest BCUT2D eigenvalue weighted by atomic mass is 10.0. The van der Waals surface area contributed by atoms with Crippen molar-refractivity contribution in [1.82, 2.24) is 0 Å². The van der Waals surface area contributed by atoms with E-state index in [-0.39, 0.29) is 0 Å². The van der Waals surface area contributed by atoms with E-state index in [1.54, 1.807) is 12.1 Å². The molecule has 0 unspecified atom stereocenters. The number of nitrogen functional groups attached to an aromatic ring is 1. The van der Waals surface area contributed by atoms with Crippen LogP contribution in [0.4, 0.5) is 5.69 Å². The molecule has 3 heteroatoms. The quantitative estimate of drug-likeness (QED) is 0.619. The summed E-state index contributed by atoms with van der Waals surface area (Å²) in [6, 6.07) is 7.35. The molecule has 82 valence electrons. The summed E-state index contributed by atoms with van der Waals surface area (Å²) in [6.07, 6.45) is 0.692. The SMILES string of the molecule is Cc1cc(N)c(C)c(-c2ccc(C=O)o2)c1. The summed E-state index contributed by atoms with van der Waals surface area (Å²) in [6.45, 7) is 3.91. The van der Waals surface area contributed by atoms with Gasteiger partial charge in [-0.05, 0) is 49.2 Å². The average molecular weight is 215 g/mol. The summed E-state index contributed by atoms with van der Waals surface area (Å²) in [5.74, 6) is 1.00. The minimum atomic E-state index is 0.328. The van der Waals surface area contributed by atoms with Gasteiger partial charge >= 0.3 is 0 Å². The van der Waals surface area contributed by atoms with Gasteiger partial charge in [-0.2, -0.15) is 0 Å². The van der Waals surface area contributed by atoms with E-state index in [1.807, 2.05) is 26.0 Å². The predicted octanol–water partition coefficient (Wildman–Crippen LogP) is 2.96. The number of carbonyl (C=O) groups excluding carboxylic acids is 1. The largest absolute Gasteiger partial charge is 0.453 e. The van der Waals surface area contributed by atoms with Crippen molar-refractivity contribution in [2.45, 2.75) is 13.8 Å². The van der Waals surface area contributed by atoms with Crippen molar-refractivity contribution in [2.75, 3.05) is 5.73 Å². The number of aldehydes is 1. The smallest absolute Gasteiger partial charge is 0.185 e. The van der Waals surface area contributed by atoms with E-state index >= 15 is 0 Å². The van der Waals surface area contributed by atoms with E-state index in [0.717, 1.165) is 22.4 Å². The van der Waals surface area contributed by atoms with Crippen molar-refractivity contribution in [3.05, 3.63) is 41.2 Å². The molecule has 1 aromatic carbocycles. The van der Waals surface area contributed by atoms with Crippen LogP contribution in [0.5, 0.6) is 0 Å². The number of furan rings is 1. The van der Waals surface area contributed by atoms with Gasteiger partial charge in [0.1, 0.15) is 5.76 Å². The highest BCUT2D eigenvalue weighted by atomic mass is 16.3. The van der Waals surface area contributed by atoms with E-state index in [2.05, 4.69) is 0 Å². The molecule has 0 bridgehead atoms. The molecule has 3 nitrogen and oxygen atoms in total. The topological polar surface area (TPSA) is 56.2 Å². The molecule has 0 aliphatic rings. The molecule has 0 amide bonds. The summed E-state index contributed by atoms with van der Waals surface area (Å²) in [4.78, 5) is 10.6. The first-order valence-electron chi connectivity index (χ1n) is 5.04. The molecule has 0 spiro atoms. The third-order valence-electron chi connectivity index (χ3n) is 2.60. The first kappa shape index (κ1) is 10.5. The molecule has 2 N–H and O–H groups in total.